The number of carbonyl (C=O) groups excluding carboxylic acids is 12. The number of unbranched alkanes of at least 4 members (excludes halogenated alkanes) is 3. The average molecular weight is 1710 g/mol. The van der Waals surface area contributed by atoms with Crippen LogP contribution in [-0.4, -0.2) is 190 Å². The van der Waals surface area contributed by atoms with E-state index < -0.39 is 120 Å². The van der Waals surface area contributed by atoms with Crippen molar-refractivity contribution in [1.29, 1.82) is 21.6 Å². The summed E-state index contributed by atoms with van der Waals surface area (Å²) < 4.78 is 21.7. The minimum Gasteiger partial charge on any atom is -0.445 e. The van der Waals surface area contributed by atoms with Gasteiger partial charge in [0.05, 0.1) is 0 Å². The molecular formula is C83H120N24O16. The van der Waals surface area contributed by atoms with Gasteiger partial charge >= 0.3 is 24.4 Å². The molecule has 40 nitrogen and oxygen atoms in total. The fraction of sp³-hybridized carbons (Fsp3) is 0.446. The Morgan fingerprint density at radius 3 is 0.667 bits per heavy atom. The fourth-order valence-corrected chi connectivity index (χ4v) is 12.2. The number of nitrogens with two attached hydrogens (primary N) is 5. The first-order chi connectivity index (χ1) is 59.2. The maximum Gasteiger partial charge on any atom is 0.408 e. The highest BCUT2D eigenvalue weighted by Gasteiger charge is 2.33. The number of nitrogens with one attached hydrogen (secondary N) is 19. The maximum atomic E-state index is 15.1. The smallest absolute Gasteiger partial charge is 0.408 e. The van der Waals surface area contributed by atoms with Gasteiger partial charge in [0, 0.05) is 52.2 Å². The number of hydrogen-bond donors (Lipinski definition) is 24. The zero-order valence-electron chi connectivity index (χ0n) is 69.0. The molecule has 29 N–H and O–H groups in total. The van der Waals surface area contributed by atoms with Gasteiger partial charge in [-0.2, -0.15) is 0 Å². The van der Waals surface area contributed by atoms with Gasteiger partial charge in [0.15, 0.2) is 23.8 Å². The summed E-state index contributed by atoms with van der Waals surface area (Å²) in [5.74, 6) is -7.50. The molecule has 0 heterocycles. The van der Waals surface area contributed by atoms with Crippen molar-refractivity contribution in [2.24, 2.45) is 28.7 Å². The summed E-state index contributed by atoms with van der Waals surface area (Å²) in [6, 6.07) is 33.3. The number of amides is 12. The Balaban J connectivity index is 1.40. The van der Waals surface area contributed by atoms with E-state index in [0.717, 1.165) is 0 Å². The zero-order valence-corrected chi connectivity index (χ0v) is 69.0. The van der Waals surface area contributed by atoms with Gasteiger partial charge in [-0.25, -0.2) is 19.2 Å². The molecule has 0 bridgehead atoms. The fourth-order valence-electron chi connectivity index (χ4n) is 12.2. The molecule has 0 unspecified atom stereocenters. The molecular weight excluding hydrogens is 1590 g/mol. The molecule has 0 saturated heterocycles. The second kappa shape index (κ2) is 58.0. The highest BCUT2D eigenvalue weighted by atomic mass is 16.6. The number of primary amides is 1. The molecule has 0 aromatic heterocycles. The molecule has 0 aliphatic heterocycles. The molecule has 0 spiro atoms. The van der Waals surface area contributed by atoms with Crippen molar-refractivity contribution in [2.45, 2.75) is 190 Å². The van der Waals surface area contributed by atoms with Crippen LogP contribution in [0.4, 0.5) is 19.2 Å². The Labute approximate surface area is 714 Å². The van der Waals surface area contributed by atoms with E-state index in [1.165, 1.54) is 0 Å². The summed E-state index contributed by atoms with van der Waals surface area (Å²) in [7, 11) is 0. The van der Waals surface area contributed by atoms with Crippen molar-refractivity contribution in [1.82, 2.24) is 79.8 Å². The second-order valence-electron chi connectivity index (χ2n) is 28.7. The maximum absolute atomic E-state index is 15.1. The number of benzene rings is 5. The van der Waals surface area contributed by atoms with E-state index in [1.807, 2.05) is 0 Å². The van der Waals surface area contributed by atoms with E-state index >= 15 is 4.79 Å². The summed E-state index contributed by atoms with van der Waals surface area (Å²) in [5, 5.41) is 70.8. The van der Waals surface area contributed by atoms with Gasteiger partial charge in [-0.1, -0.05) is 152 Å². The highest BCUT2D eigenvalue weighted by molar-refractivity contribution is 5.96. The molecule has 5 aromatic carbocycles. The van der Waals surface area contributed by atoms with Crippen molar-refractivity contribution >= 4 is 95.5 Å². The van der Waals surface area contributed by atoms with Gasteiger partial charge in [0.2, 0.25) is 47.3 Å². The molecule has 8 atom stereocenters. The SMILES string of the molecule is N=C(N)NCCC[C@@H](NC(=O)OCc1ccccc1)C(=O)NCCCC[C@@H](NC(=O)[C@@H](CCCNC(=N)N)NC(=O)OCc1ccccc1)C(=O)NCCCC[C@@H](NC(=O)[C@@H](CCCCNC(=O)[C@@H](CCCNC(=N)N)NC(=O)OCc1ccccc1)NC(=O)[C@@H](CCCNC(=N)N)NC(=O)OCc1ccccc1)C(=O)N[C@@H](Cc1ccccc1)C(N)=O. The van der Waals surface area contributed by atoms with Gasteiger partial charge in [-0.15, -0.1) is 0 Å². The van der Waals surface area contributed by atoms with Crippen molar-refractivity contribution < 1.29 is 76.5 Å². The Bertz CT molecular complexity index is 4150. The third-order valence-electron chi connectivity index (χ3n) is 18.7. The van der Waals surface area contributed by atoms with Crippen LogP contribution in [0, 0.1) is 21.6 Å². The van der Waals surface area contributed by atoms with Gasteiger partial charge in [0.25, 0.3) is 0 Å². The highest BCUT2D eigenvalue weighted by Crippen LogP contribution is 2.14. The molecule has 0 radical (unpaired) electrons. The summed E-state index contributed by atoms with van der Waals surface area (Å²) in [6.07, 6.45) is -2.24. The third kappa shape index (κ3) is 44.1. The third-order valence-corrected chi connectivity index (χ3v) is 18.7. The van der Waals surface area contributed by atoms with Crippen molar-refractivity contribution in [3.63, 3.8) is 0 Å². The minimum atomic E-state index is -1.50. The lowest BCUT2D eigenvalue weighted by Crippen LogP contribution is -2.58. The largest absolute Gasteiger partial charge is 0.445 e. The van der Waals surface area contributed by atoms with Gasteiger partial charge < -0.3 is 127 Å². The van der Waals surface area contributed by atoms with E-state index in [9.17, 15) is 52.7 Å². The number of ether oxygens (including phenoxy) is 4. The minimum absolute atomic E-state index is 0.0244. The quantitative estimate of drug-likeness (QED) is 0.0114. The number of alkyl carbamates (subject to hydrolysis) is 4. The molecule has 5 rings (SSSR count). The van der Waals surface area contributed by atoms with Crippen molar-refractivity contribution in [2.75, 3.05) is 45.8 Å². The number of carbonyl (C=O) groups is 12. The van der Waals surface area contributed by atoms with E-state index in [2.05, 4.69) is 79.8 Å². The standard InChI is InChI=1S/C83H120N24O16/c84-68(108)67(50-55-26-6-1-7-27-55)103-73(113)64(101-72(112)63(102-75(115)66(42-25-49-99-79(91)92)107-83(119)123-54-59-34-14-5-15-35-59)37-17-21-45-95-71(111)62(40-23-47-97-77(87)88)105-81(117)121-52-57-30-10-3-11-31-57)38-18-20-43-93-69(109)60(100-74(114)65(41-24-48-98-78(89)90)106-82(118)122-53-58-32-12-4-13-33-58)36-16-19-44-94-70(110)61(39-22-46-96-76(85)86)104-80(116)120-51-56-28-8-2-9-29-56/h1-15,26-35,60-67H,16-25,36-54H2,(H2,84,108)(H,93,109)(H,94,110)(H,95,111)(H,100,114)(H,101,112)(H,102,115)(H,103,113)(H,104,116)(H,105,117)(H,106,118)(H,107,119)(H4,85,86,96)(H4,87,88,97)(H4,89,90,98)(H4,91,92,99)/t60-,61-,62-,63-,64-,65-,66-,67+/m1/s1. The van der Waals surface area contributed by atoms with Gasteiger partial charge in [0.1, 0.15) is 74.8 Å². The molecule has 5 aromatic rings. The van der Waals surface area contributed by atoms with E-state index in [0.29, 0.717) is 34.2 Å². The molecule has 0 saturated carbocycles. The van der Waals surface area contributed by atoms with Gasteiger partial charge in [-0.3, -0.25) is 60.0 Å². The summed E-state index contributed by atoms with van der Waals surface area (Å²) >= 11 is 0. The Morgan fingerprint density at radius 2 is 0.431 bits per heavy atom. The predicted molar refractivity (Wildman–Crippen MR) is 458 cm³/mol. The van der Waals surface area contributed by atoms with Crippen LogP contribution >= 0.6 is 0 Å². The number of rotatable bonds is 57. The Morgan fingerprint density at radius 1 is 0.236 bits per heavy atom. The lowest BCUT2D eigenvalue weighted by molar-refractivity contribution is -0.134. The molecule has 668 valence electrons. The second-order valence-corrected chi connectivity index (χ2v) is 28.7. The van der Waals surface area contributed by atoms with Crippen molar-refractivity contribution in [3.8, 4) is 0 Å². The first-order valence-electron chi connectivity index (χ1n) is 40.8. The van der Waals surface area contributed by atoms with Crippen LogP contribution in [-0.2, 0) is 90.2 Å². The Hall–Kier alpha value is -14.0. The van der Waals surface area contributed by atoms with Crippen LogP contribution in [0.5, 0.6) is 0 Å². The summed E-state index contributed by atoms with van der Waals surface area (Å²) in [6.45, 7) is 0.0499. The zero-order chi connectivity index (χ0) is 89.4. The lowest BCUT2D eigenvalue weighted by Gasteiger charge is -2.26. The molecule has 0 aliphatic rings. The number of guanidine groups is 4. The monoisotopic (exact) mass is 1710 g/mol. The predicted octanol–water partition coefficient (Wildman–Crippen LogP) is 1.75. The number of hydrogen-bond acceptors (Lipinski definition) is 20. The van der Waals surface area contributed by atoms with E-state index in [1.54, 1.807) is 152 Å². The first-order valence-corrected chi connectivity index (χ1v) is 40.8. The van der Waals surface area contributed by atoms with Crippen molar-refractivity contribution in [3.05, 3.63) is 179 Å². The van der Waals surface area contributed by atoms with Crippen LogP contribution in [0.15, 0.2) is 152 Å². The van der Waals surface area contributed by atoms with Gasteiger partial charge in [-0.05, 0) is 137 Å². The van der Waals surface area contributed by atoms with E-state index in [-0.39, 0.29) is 205 Å². The molecule has 123 heavy (non-hydrogen) atoms. The Kier molecular flexibility index (Phi) is 47.0. The van der Waals surface area contributed by atoms with Crippen LogP contribution < -0.4 is 108 Å². The molecule has 0 fully saturated rings. The average Bonchev–Trinajstić information content (AvgIpc) is 0.866. The normalized spacial score (nSPS) is 12.6. The lowest BCUT2D eigenvalue weighted by atomic mass is 10.0. The molecule has 12 amide bonds. The van der Waals surface area contributed by atoms with E-state index in [4.69, 9.17) is 69.3 Å². The van der Waals surface area contributed by atoms with Crippen LogP contribution in [0.2, 0.25) is 0 Å². The summed E-state index contributed by atoms with van der Waals surface area (Å²) in [5.41, 5.74) is 31.3. The molecule has 0 aliphatic carbocycles. The van der Waals surface area contributed by atoms with Crippen LogP contribution in [0.3, 0.4) is 0 Å². The van der Waals surface area contributed by atoms with Crippen LogP contribution in [0.1, 0.15) is 137 Å². The van der Waals surface area contributed by atoms with Crippen LogP contribution in [0.25, 0.3) is 0 Å². The molecule has 40 heteroatoms. The topological polar surface area (TPSA) is 648 Å². The summed E-state index contributed by atoms with van der Waals surface area (Å²) in [4.78, 5) is 167. The first kappa shape index (κ1) is 99.6.